The molecule has 1 heterocycles. The Labute approximate surface area is 128 Å². The van der Waals surface area contributed by atoms with Crippen molar-refractivity contribution in [1.29, 1.82) is 0 Å². The van der Waals surface area contributed by atoms with Crippen molar-refractivity contribution in [3.63, 3.8) is 0 Å². The van der Waals surface area contributed by atoms with E-state index in [2.05, 4.69) is 32.0 Å². The molecule has 21 heavy (non-hydrogen) atoms. The van der Waals surface area contributed by atoms with Gasteiger partial charge in [-0.2, -0.15) is 0 Å². The Kier molecular flexibility index (Phi) is 4.60. The van der Waals surface area contributed by atoms with Gasteiger partial charge in [0, 0.05) is 12.6 Å². The summed E-state index contributed by atoms with van der Waals surface area (Å²) in [6.07, 6.45) is 1.74. The van der Waals surface area contributed by atoms with Gasteiger partial charge >= 0.3 is 6.09 Å². The summed E-state index contributed by atoms with van der Waals surface area (Å²) in [5, 5.41) is 0. The molecule has 0 saturated heterocycles. The lowest BCUT2D eigenvalue weighted by atomic mass is 9.89. The normalized spacial score (nSPS) is 18.6. The summed E-state index contributed by atoms with van der Waals surface area (Å²) >= 11 is 0. The molecule has 0 fully saturated rings. The summed E-state index contributed by atoms with van der Waals surface area (Å²) < 4.78 is 5.59. The van der Waals surface area contributed by atoms with Gasteiger partial charge in [-0.05, 0) is 50.7 Å². The predicted octanol–water partition coefficient (Wildman–Crippen LogP) is 4.39. The maximum atomic E-state index is 12.5. The average Bonchev–Trinajstić information content (AvgIpc) is 2.35. The van der Waals surface area contributed by atoms with E-state index in [0.717, 1.165) is 12.8 Å². The third-order valence-electron chi connectivity index (χ3n) is 3.73. The fourth-order valence-electron chi connectivity index (χ4n) is 2.88. The Morgan fingerprint density at radius 3 is 2.48 bits per heavy atom. The van der Waals surface area contributed by atoms with Crippen LogP contribution >= 0.6 is 0 Å². The summed E-state index contributed by atoms with van der Waals surface area (Å²) in [5.74, 6) is 0.560. The fourth-order valence-corrected chi connectivity index (χ4v) is 2.88. The van der Waals surface area contributed by atoms with Crippen molar-refractivity contribution in [2.45, 2.75) is 65.6 Å². The smallest absolute Gasteiger partial charge is 0.410 e. The number of carbonyl (C=O) groups excluding carboxylic acids is 1. The van der Waals surface area contributed by atoms with Gasteiger partial charge in [0.05, 0.1) is 0 Å². The van der Waals surface area contributed by atoms with Gasteiger partial charge in [0.25, 0.3) is 0 Å². The standard InChI is InChI=1S/C18H27NO2/c1-13(2)10-16-11-14-8-6-7-9-15(14)12-19(16)17(20)21-18(3,4)5/h6-9,13,16H,10-12H2,1-5H3. The largest absolute Gasteiger partial charge is 0.444 e. The Morgan fingerprint density at radius 2 is 1.90 bits per heavy atom. The van der Waals surface area contributed by atoms with E-state index in [9.17, 15) is 4.79 Å². The number of rotatable bonds is 2. The van der Waals surface area contributed by atoms with E-state index in [4.69, 9.17) is 4.74 Å². The summed E-state index contributed by atoms with van der Waals surface area (Å²) in [4.78, 5) is 14.4. The van der Waals surface area contributed by atoms with Crippen molar-refractivity contribution in [2.75, 3.05) is 0 Å². The maximum absolute atomic E-state index is 12.5. The van der Waals surface area contributed by atoms with E-state index < -0.39 is 5.60 Å². The molecule has 0 aliphatic carbocycles. The van der Waals surface area contributed by atoms with E-state index in [1.807, 2.05) is 31.7 Å². The minimum absolute atomic E-state index is 0.192. The molecule has 1 unspecified atom stereocenters. The summed E-state index contributed by atoms with van der Waals surface area (Å²) in [6, 6.07) is 8.63. The van der Waals surface area contributed by atoms with E-state index in [1.54, 1.807) is 0 Å². The first-order chi connectivity index (χ1) is 9.76. The third kappa shape index (κ3) is 4.23. The SMILES string of the molecule is CC(C)CC1Cc2ccccc2CN1C(=O)OC(C)(C)C. The Bertz CT molecular complexity index is 502. The highest BCUT2D eigenvalue weighted by Gasteiger charge is 2.32. The van der Waals surface area contributed by atoms with E-state index in [0.29, 0.717) is 12.5 Å². The van der Waals surface area contributed by atoms with Crippen LogP contribution in [-0.4, -0.2) is 22.6 Å². The number of carbonyl (C=O) groups is 1. The summed E-state index contributed by atoms with van der Waals surface area (Å²) in [6.45, 7) is 10.8. The maximum Gasteiger partial charge on any atom is 0.410 e. The Morgan fingerprint density at radius 1 is 1.29 bits per heavy atom. The number of hydrogen-bond acceptors (Lipinski definition) is 2. The van der Waals surface area contributed by atoms with Crippen LogP contribution in [0.5, 0.6) is 0 Å². The monoisotopic (exact) mass is 289 g/mol. The van der Waals surface area contributed by atoms with Crippen LogP contribution in [-0.2, 0) is 17.7 Å². The third-order valence-corrected chi connectivity index (χ3v) is 3.73. The van der Waals surface area contributed by atoms with Crippen molar-refractivity contribution in [2.24, 2.45) is 5.92 Å². The van der Waals surface area contributed by atoms with Crippen LogP contribution in [0.1, 0.15) is 52.2 Å². The molecule has 1 atom stereocenters. The molecule has 2 rings (SSSR count). The van der Waals surface area contributed by atoms with Crippen molar-refractivity contribution >= 4 is 6.09 Å². The van der Waals surface area contributed by atoms with Gasteiger partial charge in [0.1, 0.15) is 5.60 Å². The lowest BCUT2D eigenvalue weighted by molar-refractivity contribution is 0.00973. The molecule has 1 aromatic carbocycles. The highest BCUT2D eigenvalue weighted by molar-refractivity contribution is 5.69. The molecule has 3 heteroatoms. The number of hydrogen-bond donors (Lipinski definition) is 0. The van der Waals surface area contributed by atoms with Crippen LogP contribution in [0.15, 0.2) is 24.3 Å². The molecule has 0 radical (unpaired) electrons. The van der Waals surface area contributed by atoms with Crippen LogP contribution < -0.4 is 0 Å². The molecule has 0 saturated carbocycles. The van der Waals surface area contributed by atoms with Crippen molar-refractivity contribution in [3.05, 3.63) is 35.4 Å². The number of ether oxygens (including phenoxy) is 1. The minimum Gasteiger partial charge on any atom is -0.444 e. The van der Waals surface area contributed by atoms with Gasteiger partial charge in [0.2, 0.25) is 0 Å². The zero-order valence-corrected chi connectivity index (χ0v) is 13.8. The molecule has 0 N–H and O–H groups in total. The quantitative estimate of drug-likeness (QED) is 0.808. The topological polar surface area (TPSA) is 29.5 Å². The molecule has 116 valence electrons. The zero-order chi connectivity index (χ0) is 15.6. The second kappa shape index (κ2) is 6.08. The molecule has 0 spiro atoms. The van der Waals surface area contributed by atoms with Gasteiger partial charge < -0.3 is 9.64 Å². The predicted molar refractivity (Wildman–Crippen MR) is 85.2 cm³/mol. The first-order valence-electron chi connectivity index (χ1n) is 7.82. The summed E-state index contributed by atoms with van der Waals surface area (Å²) in [5.41, 5.74) is 2.16. The second-order valence-electron chi connectivity index (χ2n) is 7.36. The average molecular weight is 289 g/mol. The molecule has 1 aliphatic rings. The van der Waals surface area contributed by atoms with Gasteiger partial charge in [-0.15, -0.1) is 0 Å². The molecule has 1 aromatic rings. The lowest BCUT2D eigenvalue weighted by Crippen LogP contribution is -2.47. The van der Waals surface area contributed by atoms with Crippen molar-refractivity contribution in [1.82, 2.24) is 4.90 Å². The van der Waals surface area contributed by atoms with E-state index >= 15 is 0 Å². The van der Waals surface area contributed by atoms with E-state index in [-0.39, 0.29) is 12.1 Å². The molecule has 1 amide bonds. The van der Waals surface area contributed by atoms with Crippen molar-refractivity contribution < 1.29 is 9.53 Å². The molecule has 0 bridgehead atoms. The Balaban J connectivity index is 2.22. The first-order valence-corrected chi connectivity index (χ1v) is 7.82. The lowest BCUT2D eigenvalue weighted by Gasteiger charge is -2.38. The van der Waals surface area contributed by atoms with E-state index in [1.165, 1.54) is 11.1 Å². The van der Waals surface area contributed by atoms with Crippen LogP contribution in [0.25, 0.3) is 0 Å². The van der Waals surface area contributed by atoms with Crippen LogP contribution in [0.4, 0.5) is 4.79 Å². The van der Waals surface area contributed by atoms with Gasteiger partial charge in [0.15, 0.2) is 0 Å². The highest BCUT2D eigenvalue weighted by Crippen LogP contribution is 2.28. The molecule has 0 aromatic heterocycles. The number of nitrogens with zero attached hydrogens (tertiary/aromatic N) is 1. The molecular weight excluding hydrogens is 262 g/mol. The van der Waals surface area contributed by atoms with Crippen LogP contribution in [0.3, 0.4) is 0 Å². The second-order valence-corrected chi connectivity index (χ2v) is 7.36. The first kappa shape index (κ1) is 15.9. The van der Waals surface area contributed by atoms with Crippen LogP contribution in [0.2, 0.25) is 0 Å². The fraction of sp³-hybridized carbons (Fsp3) is 0.611. The number of benzene rings is 1. The minimum atomic E-state index is -0.448. The molecule has 3 nitrogen and oxygen atoms in total. The van der Waals surface area contributed by atoms with Gasteiger partial charge in [-0.3, -0.25) is 0 Å². The zero-order valence-electron chi connectivity index (χ0n) is 13.8. The van der Waals surface area contributed by atoms with Crippen molar-refractivity contribution in [3.8, 4) is 0 Å². The number of amides is 1. The Hall–Kier alpha value is -1.51. The van der Waals surface area contributed by atoms with Crippen LogP contribution in [0, 0.1) is 5.92 Å². The molecular formula is C18H27NO2. The number of fused-ring (bicyclic) bond motifs is 1. The highest BCUT2D eigenvalue weighted by atomic mass is 16.6. The summed E-state index contributed by atoms with van der Waals surface area (Å²) in [7, 11) is 0. The molecule has 1 aliphatic heterocycles. The van der Waals surface area contributed by atoms with Gasteiger partial charge in [-0.25, -0.2) is 4.79 Å². The van der Waals surface area contributed by atoms with Gasteiger partial charge in [-0.1, -0.05) is 38.1 Å².